The Bertz CT molecular complexity index is 162. The van der Waals surface area contributed by atoms with Crippen LogP contribution in [0.5, 0.6) is 0 Å². The van der Waals surface area contributed by atoms with E-state index in [4.69, 9.17) is 22.9 Å². The molecule has 0 saturated carbocycles. The number of rotatable bonds is 4. The van der Waals surface area contributed by atoms with Gasteiger partial charge in [-0.2, -0.15) is 0 Å². The Labute approximate surface area is 64.6 Å². The summed E-state index contributed by atoms with van der Waals surface area (Å²) in [5, 5.41) is 0. The van der Waals surface area contributed by atoms with E-state index in [0.717, 1.165) is 0 Å². The SMILES string of the molecule is NC(=O)C(N)CCN=C(N)N. The van der Waals surface area contributed by atoms with Gasteiger partial charge in [0.05, 0.1) is 6.04 Å². The number of guanidine groups is 1. The van der Waals surface area contributed by atoms with Crippen molar-refractivity contribution in [2.75, 3.05) is 6.54 Å². The van der Waals surface area contributed by atoms with Gasteiger partial charge < -0.3 is 22.9 Å². The number of aliphatic imine (C=N–C) groups is 1. The van der Waals surface area contributed by atoms with E-state index in [1.165, 1.54) is 0 Å². The minimum atomic E-state index is -0.668. The fourth-order valence-electron chi connectivity index (χ4n) is 0.475. The van der Waals surface area contributed by atoms with Crippen molar-refractivity contribution < 1.29 is 4.79 Å². The zero-order valence-electron chi connectivity index (χ0n) is 6.16. The number of carbonyl (C=O) groups excluding carboxylic acids is 1. The van der Waals surface area contributed by atoms with Crippen LogP contribution in [-0.2, 0) is 4.79 Å². The maximum absolute atomic E-state index is 10.4. The van der Waals surface area contributed by atoms with Crippen LogP contribution >= 0.6 is 0 Å². The zero-order chi connectivity index (χ0) is 8.85. The van der Waals surface area contributed by atoms with Gasteiger partial charge in [0.2, 0.25) is 5.91 Å². The van der Waals surface area contributed by atoms with Crippen molar-refractivity contribution >= 4 is 11.9 Å². The summed E-state index contributed by atoms with van der Waals surface area (Å²) in [7, 11) is 0. The largest absolute Gasteiger partial charge is 0.370 e. The number of hydrogen-bond acceptors (Lipinski definition) is 3. The number of primary amides is 1. The van der Waals surface area contributed by atoms with E-state index >= 15 is 0 Å². The number of nitrogens with two attached hydrogens (primary N) is 4. The molecule has 0 aliphatic carbocycles. The molecule has 0 aliphatic rings. The molecule has 0 fully saturated rings. The Morgan fingerprint density at radius 1 is 1.36 bits per heavy atom. The second kappa shape index (κ2) is 4.51. The Kier molecular flexibility index (Phi) is 3.97. The lowest BCUT2D eigenvalue weighted by atomic mass is 10.2. The second-order valence-electron chi connectivity index (χ2n) is 2.10. The van der Waals surface area contributed by atoms with Gasteiger partial charge in [0.1, 0.15) is 0 Å². The van der Waals surface area contributed by atoms with Gasteiger partial charge >= 0.3 is 0 Å². The van der Waals surface area contributed by atoms with Crippen LogP contribution in [-0.4, -0.2) is 24.5 Å². The second-order valence-corrected chi connectivity index (χ2v) is 2.10. The van der Waals surface area contributed by atoms with E-state index in [9.17, 15) is 4.79 Å². The molecule has 6 heteroatoms. The highest BCUT2D eigenvalue weighted by atomic mass is 16.1. The third-order valence-electron chi connectivity index (χ3n) is 1.10. The number of amides is 1. The minimum absolute atomic E-state index is 0.0123. The van der Waals surface area contributed by atoms with Crippen LogP contribution in [0.1, 0.15) is 6.42 Å². The molecule has 11 heavy (non-hydrogen) atoms. The first-order valence-corrected chi connectivity index (χ1v) is 3.14. The number of carbonyl (C=O) groups is 1. The van der Waals surface area contributed by atoms with E-state index in [1.807, 2.05) is 0 Å². The molecule has 0 aromatic carbocycles. The molecule has 0 aromatic heterocycles. The molecule has 64 valence electrons. The number of hydrogen-bond donors (Lipinski definition) is 4. The van der Waals surface area contributed by atoms with Gasteiger partial charge in [-0.15, -0.1) is 0 Å². The van der Waals surface area contributed by atoms with Crippen molar-refractivity contribution in [2.24, 2.45) is 27.9 Å². The van der Waals surface area contributed by atoms with Gasteiger partial charge in [-0.3, -0.25) is 9.79 Å². The zero-order valence-corrected chi connectivity index (χ0v) is 6.16. The van der Waals surface area contributed by atoms with Crippen molar-refractivity contribution in [3.63, 3.8) is 0 Å². The maximum atomic E-state index is 10.4. The van der Waals surface area contributed by atoms with Crippen LogP contribution in [0.15, 0.2) is 4.99 Å². The van der Waals surface area contributed by atoms with Crippen LogP contribution in [0.4, 0.5) is 0 Å². The first-order valence-electron chi connectivity index (χ1n) is 3.14. The molecule has 0 bridgehead atoms. The van der Waals surface area contributed by atoms with Crippen molar-refractivity contribution in [3.8, 4) is 0 Å². The topological polar surface area (TPSA) is 134 Å². The van der Waals surface area contributed by atoms with Gasteiger partial charge in [0, 0.05) is 6.54 Å². The van der Waals surface area contributed by atoms with E-state index in [1.54, 1.807) is 0 Å². The molecule has 8 N–H and O–H groups in total. The molecule has 0 spiro atoms. The Balaban J connectivity index is 3.55. The molecule has 0 radical (unpaired) electrons. The summed E-state index contributed by atoms with van der Waals surface area (Å²) in [6.45, 7) is 0.326. The van der Waals surface area contributed by atoms with Gasteiger partial charge in [0.25, 0.3) is 0 Å². The summed E-state index contributed by atoms with van der Waals surface area (Å²) >= 11 is 0. The van der Waals surface area contributed by atoms with E-state index in [2.05, 4.69) is 4.99 Å². The monoisotopic (exact) mass is 159 g/mol. The molecule has 0 aromatic rings. The van der Waals surface area contributed by atoms with Gasteiger partial charge in [-0.25, -0.2) is 0 Å². The summed E-state index contributed by atoms with van der Waals surface area (Å²) in [6.07, 6.45) is 0.368. The lowest BCUT2D eigenvalue weighted by Crippen LogP contribution is -2.37. The van der Waals surface area contributed by atoms with E-state index in [-0.39, 0.29) is 5.96 Å². The van der Waals surface area contributed by atoms with Crippen molar-refractivity contribution in [3.05, 3.63) is 0 Å². The summed E-state index contributed by atoms with van der Waals surface area (Å²) in [5.74, 6) is -0.558. The molecule has 1 unspecified atom stereocenters. The Morgan fingerprint density at radius 3 is 2.27 bits per heavy atom. The summed E-state index contributed by atoms with van der Waals surface area (Å²) in [6, 6.07) is -0.668. The quantitative estimate of drug-likeness (QED) is 0.265. The van der Waals surface area contributed by atoms with Crippen LogP contribution in [0.3, 0.4) is 0 Å². The van der Waals surface area contributed by atoms with Crippen molar-refractivity contribution in [1.82, 2.24) is 0 Å². The average Bonchev–Trinajstić information content (AvgIpc) is 1.86. The Hall–Kier alpha value is -1.30. The highest BCUT2D eigenvalue weighted by Crippen LogP contribution is 1.86. The van der Waals surface area contributed by atoms with Gasteiger partial charge in [-0.1, -0.05) is 0 Å². The smallest absolute Gasteiger partial charge is 0.234 e. The average molecular weight is 159 g/mol. The minimum Gasteiger partial charge on any atom is -0.370 e. The fraction of sp³-hybridized carbons (Fsp3) is 0.600. The highest BCUT2D eigenvalue weighted by molar-refractivity contribution is 5.79. The molecule has 1 amide bonds. The van der Waals surface area contributed by atoms with E-state index < -0.39 is 11.9 Å². The lowest BCUT2D eigenvalue weighted by Gasteiger charge is -2.03. The van der Waals surface area contributed by atoms with Crippen LogP contribution < -0.4 is 22.9 Å². The maximum Gasteiger partial charge on any atom is 0.234 e. The number of nitrogens with zero attached hydrogens (tertiary/aromatic N) is 1. The summed E-state index contributed by atoms with van der Waals surface area (Å²) < 4.78 is 0. The van der Waals surface area contributed by atoms with Crippen molar-refractivity contribution in [1.29, 1.82) is 0 Å². The van der Waals surface area contributed by atoms with Crippen LogP contribution in [0, 0.1) is 0 Å². The molecular weight excluding hydrogens is 146 g/mol. The first kappa shape index (κ1) is 9.70. The highest BCUT2D eigenvalue weighted by Gasteiger charge is 2.06. The van der Waals surface area contributed by atoms with Crippen molar-refractivity contribution in [2.45, 2.75) is 12.5 Å². The van der Waals surface area contributed by atoms with Gasteiger partial charge in [0.15, 0.2) is 5.96 Å². The standard InChI is InChI=1S/C5H13N5O/c6-3(4(7)11)1-2-10-5(8)9/h3H,1-2,6H2,(H2,7,11)(H4,8,9,10). The Morgan fingerprint density at radius 2 is 1.91 bits per heavy atom. The molecule has 1 atom stereocenters. The predicted molar refractivity (Wildman–Crippen MR) is 42.5 cm³/mol. The third-order valence-corrected chi connectivity index (χ3v) is 1.10. The summed E-state index contributed by atoms with van der Waals surface area (Å²) in [5.41, 5.74) is 20.2. The fourth-order valence-corrected chi connectivity index (χ4v) is 0.475. The predicted octanol–water partition coefficient (Wildman–Crippen LogP) is -2.54. The van der Waals surface area contributed by atoms with E-state index in [0.29, 0.717) is 13.0 Å². The third kappa shape index (κ3) is 5.16. The normalized spacial score (nSPS) is 12.1. The van der Waals surface area contributed by atoms with Gasteiger partial charge in [-0.05, 0) is 6.42 Å². The molecule has 6 nitrogen and oxygen atoms in total. The summed E-state index contributed by atoms with van der Waals surface area (Å²) in [4.78, 5) is 14.0. The molecule has 0 aliphatic heterocycles. The molecule has 0 heterocycles. The first-order chi connectivity index (χ1) is 5.04. The van der Waals surface area contributed by atoms with Crippen LogP contribution in [0.2, 0.25) is 0 Å². The lowest BCUT2D eigenvalue weighted by molar-refractivity contribution is -0.119. The molecule has 0 rings (SSSR count). The van der Waals surface area contributed by atoms with Crippen LogP contribution in [0.25, 0.3) is 0 Å². The molecular formula is C5H13N5O. The molecule has 0 saturated heterocycles.